The smallest absolute Gasteiger partial charge is 0.190 e. The van der Waals surface area contributed by atoms with E-state index in [2.05, 4.69) is 68.7 Å². The summed E-state index contributed by atoms with van der Waals surface area (Å²) in [7, 11) is 2.03. The second-order valence-electron chi connectivity index (χ2n) is 8.11. The Morgan fingerprint density at radius 2 is 1.88 bits per heavy atom. The number of nitrogens with zero attached hydrogens (tertiary/aromatic N) is 5. The molecule has 2 N–H and O–H groups in total. The molecule has 32 heavy (non-hydrogen) atoms. The summed E-state index contributed by atoms with van der Waals surface area (Å²) >= 11 is 1.54. The van der Waals surface area contributed by atoms with Crippen LogP contribution in [0.25, 0.3) is 10.3 Å². The number of nitrogens with one attached hydrogen (secondary N) is 2. The van der Waals surface area contributed by atoms with E-state index in [0.717, 1.165) is 65.5 Å². The second-order valence-corrected chi connectivity index (χ2v) is 9.09. The van der Waals surface area contributed by atoms with Crippen LogP contribution in [0.2, 0.25) is 0 Å². The lowest BCUT2D eigenvalue weighted by Crippen LogP contribution is -2.42. The van der Waals surface area contributed by atoms with E-state index in [1.54, 1.807) is 11.3 Å². The van der Waals surface area contributed by atoms with E-state index in [0.29, 0.717) is 0 Å². The molecule has 0 spiro atoms. The Bertz CT molecular complexity index is 1200. The molecule has 1 saturated heterocycles. The van der Waals surface area contributed by atoms with Gasteiger partial charge in [-0.05, 0) is 48.9 Å². The molecule has 1 aromatic carbocycles. The number of hydrogen-bond acceptors (Lipinski definition) is 8. The minimum absolute atomic E-state index is 0.800. The van der Waals surface area contributed by atoms with Crippen molar-refractivity contribution in [2.75, 3.05) is 43.4 Å². The topological polar surface area (TPSA) is 69.2 Å². The van der Waals surface area contributed by atoms with Crippen LogP contribution in [-0.2, 0) is 6.54 Å². The second kappa shape index (κ2) is 9.20. The fourth-order valence-electron chi connectivity index (χ4n) is 3.83. The van der Waals surface area contributed by atoms with Crippen LogP contribution in [0, 0.1) is 6.92 Å². The van der Waals surface area contributed by atoms with Gasteiger partial charge in [0.05, 0.1) is 0 Å². The molecule has 3 aromatic heterocycles. The summed E-state index contributed by atoms with van der Waals surface area (Å²) in [5.41, 5.74) is 4.49. The van der Waals surface area contributed by atoms with E-state index in [9.17, 15) is 0 Å². The van der Waals surface area contributed by atoms with E-state index in [1.165, 1.54) is 11.1 Å². The number of aryl methyl sites for hydroxylation is 1. The Morgan fingerprint density at radius 1 is 1.06 bits per heavy atom. The zero-order chi connectivity index (χ0) is 21.9. The van der Waals surface area contributed by atoms with Crippen LogP contribution < -0.4 is 15.5 Å². The molecule has 0 unspecified atom stereocenters. The number of aromatic nitrogens is 3. The average molecular weight is 446 g/mol. The standard InChI is InChI=1S/C24H27N7S/c1-17-3-5-19(6-4-17)30(2)22-8-7-20-23(29-22)32-24(27-20)28-21-15-18(9-10-26-21)16-31-13-11-25-12-14-31/h3-10,15,25H,11-14,16H2,1-2H3,(H,26,27,28). The van der Waals surface area contributed by atoms with Crippen molar-refractivity contribution in [2.24, 2.45) is 0 Å². The molecule has 164 valence electrons. The summed E-state index contributed by atoms with van der Waals surface area (Å²) in [6, 6.07) is 16.7. The van der Waals surface area contributed by atoms with Gasteiger partial charge in [-0.1, -0.05) is 29.0 Å². The maximum atomic E-state index is 4.84. The SMILES string of the molecule is Cc1ccc(N(C)c2ccc3nc(Nc4cc(CN5CCNCC5)ccn4)sc3n2)cc1. The number of hydrogen-bond donors (Lipinski definition) is 2. The molecule has 8 heteroatoms. The van der Waals surface area contributed by atoms with Crippen LogP contribution in [0.1, 0.15) is 11.1 Å². The normalized spacial score (nSPS) is 14.6. The Balaban J connectivity index is 1.32. The number of fused-ring (bicyclic) bond motifs is 1. The number of piperazine rings is 1. The summed E-state index contributed by atoms with van der Waals surface area (Å²) < 4.78 is 0. The highest BCUT2D eigenvalue weighted by Gasteiger charge is 2.12. The van der Waals surface area contributed by atoms with E-state index in [4.69, 9.17) is 9.97 Å². The molecule has 1 aliphatic rings. The summed E-state index contributed by atoms with van der Waals surface area (Å²) in [4.78, 5) is 19.5. The van der Waals surface area contributed by atoms with Gasteiger partial charge in [-0.25, -0.2) is 15.0 Å². The fraction of sp³-hybridized carbons (Fsp3) is 0.292. The van der Waals surface area contributed by atoms with Crippen LogP contribution in [0.4, 0.5) is 22.5 Å². The maximum absolute atomic E-state index is 4.84. The first-order valence-corrected chi connectivity index (χ1v) is 11.7. The molecule has 4 heterocycles. The van der Waals surface area contributed by atoms with E-state index in [-0.39, 0.29) is 0 Å². The molecule has 4 aromatic rings. The lowest BCUT2D eigenvalue weighted by Gasteiger charge is -2.27. The summed E-state index contributed by atoms with van der Waals surface area (Å²) in [6.07, 6.45) is 1.86. The highest BCUT2D eigenvalue weighted by Crippen LogP contribution is 2.30. The molecule has 0 atom stereocenters. The van der Waals surface area contributed by atoms with Crippen molar-refractivity contribution in [3.63, 3.8) is 0 Å². The van der Waals surface area contributed by atoms with Gasteiger partial charge in [0.1, 0.15) is 22.0 Å². The van der Waals surface area contributed by atoms with Crippen molar-refractivity contribution in [1.82, 2.24) is 25.2 Å². The van der Waals surface area contributed by atoms with E-state index >= 15 is 0 Å². The molecular formula is C24H27N7S. The Morgan fingerprint density at radius 3 is 2.69 bits per heavy atom. The first-order chi connectivity index (χ1) is 15.6. The molecule has 0 radical (unpaired) electrons. The predicted octanol–water partition coefficient (Wildman–Crippen LogP) is 4.31. The van der Waals surface area contributed by atoms with Gasteiger partial charge in [0, 0.05) is 51.7 Å². The maximum Gasteiger partial charge on any atom is 0.190 e. The number of thiazole rings is 1. The van der Waals surface area contributed by atoms with Gasteiger partial charge >= 0.3 is 0 Å². The van der Waals surface area contributed by atoms with Crippen LogP contribution >= 0.6 is 11.3 Å². The molecule has 0 saturated carbocycles. The van der Waals surface area contributed by atoms with Crippen LogP contribution in [0.15, 0.2) is 54.7 Å². The first-order valence-electron chi connectivity index (χ1n) is 10.9. The lowest BCUT2D eigenvalue weighted by molar-refractivity contribution is 0.233. The number of benzene rings is 1. The van der Waals surface area contributed by atoms with Crippen molar-refractivity contribution in [3.05, 3.63) is 65.9 Å². The van der Waals surface area contributed by atoms with Crippen LogP contribution in [0.3, 0.4) is 0 Å². The fourth-order valence-corrected chi connectivity index (χ4v) is 4.67. The summed E-state index contributed by atoms with van der Waals surface area (Å²) in [5, 5.41) is 7.57. The monoisotopic (exact) mass is 445 g/mol. The summed E-state index contributed by atoms with van der Waals surface area (Å²) in [6.45, 7) is 7.29. The lowest BCUT2D eigenvalue weighted by atomic mass is 10.2. The quantitative estimate of drug-likeness (QED) is 0.458. The van der Waals surface area contributed by atoms with Crippen molar-refractivity contribution in [3.8, 4) is 0 Å². The highest BCUT2D eigenvalue weighted by atomic mass is 32.1. The molecule has 1 fully saturated rings. The molecule has 1 aliphatic heterocycles. The van der Waals surface area contributed by atoms with Gasteiger partial charge in [-0.15, -0.1) is 0 Å². The Kier molecular flexibility index (Phi) is 5.98. The van der Waals surface area contributed by atoms with Gasteiger partial charge in [0.2, 0.25) is 0 Å². The first kappa shape index (κ1) is 20.8. The molecular weight excluding hydrogens is 418 g/mol. The van der Waals surface area contributed by atoms with Gasteiger partial charge < -0.3 is 15.5 Å². The number of pyridine rings is 2. The predicted molar refractivity (Wildman–Crippen MR) is 132 cm³/mol. The minimum atomic E-state index is 0.800. The number of anilines is 4. The average Bonchev–Trinajstić information content (AvgIpc) is 3.21. The third kappa shape index (κ3) is 4.72. The van der Waals surface area contributed by atoms with Crippen molar-refractivity contribution >= 4 is 44.1 Å². The van der Waals surface area contributed by atoms with Gasteiger partial charge in [0.15, 0.2) is 5.13 Å². The molecule has 0 aliphatic carbocycles. The van der Waals surface area contributed by atoms with Gasteiger partial charge in [0.25, 0.3) is 0 Å². The Hall–Kier alpha value is -3.07. The highest BCUT2D eigenvalue weighted by molar-refractivity contribution is 7.21. The van der Waals surface area contributed by atoms with Crippen molar-refractivity contribution in [2.45, 2.75) is 13.5 Å². The molecule has 0 bridgehead atoms. The van der Waals surface area contributed by atoms with Crippen molar-refractivity contribution in [1.29, 1.82) is 0 Å². The van der Waals surface area contributed by atoms with Crippen LogP contribution in [-0.4, -0.2) is 53.1 Å². The zero-order valence-electron chi connectivity index (χ0n) is 18.4. The Labute approximate surface area is 192 Å². The van der Waals surface area contributed by atoms with Crippen LogP contribution in [0.5, 0.6) is 0 Å². The largest absolute Gasteiger partial charge is 0.329 e. The van der Waals surface area contributed by atoms with E-state index in [1.807, 2.05) is 25.4 Å². The van der Waals surface area contributed by atoms with Crippen molar-refractivity contribution < 1.29 is 0 Å². The number of rotatable bonds is 6. The molecule has 7 nitrogen and oxygen atoms in total. The van der Waals surface area contributed by atoms with Gasteiger partial charge in [-0.3, -0.25) is 4.90 Å². The third-order valence-corrected chi connectivity index (χ3v) is 6.56. The minimum Gasteiger partial charge on any atom is -0.329 e. The zero-order valence-corrected chi connectivity index (χ0v) is 19.2. The molecule has 5 rings (SSSR count). The third-order valence-electron chi connectivity index (χ3n) is 5.68. The van der Waals surface area contributed by atoms with Gasteiger partial charge in [-0.2, -0.15) is 0 Å². The van der Waals surface area contributed by atoms with E-state index < -0.39 is 0 Å². The summed E-state index contributed by atoms with van der Waals surface area (Å²) in [5.74, 6) is 1.71. The molecule has 0 amide bonds.